The average molecular weight is 289 g/mol. The van der Waals surface area contributed by atoms with Crippen molar-refractivity contribution in [3.8, 4) is 0 Å². The third-order valence-corrected chi connectivity index (χ3v) is 2.65. The van der Waals surface area contributed by atoms with Crippen molar-refractivity contribution in [2.24, 2.45) is 5.73 Å². The number of hydrogen-bond donors (Lipinski definition) is 2. The zero-order chi connectivity index (χ0) is 12.1. The van der Waals surface area contributed by atoms with Gasteiger partial charge in [-0.1, -0.05) is 15.9 Å². The summed E-state index contributed by atoms with van der Waals surface area (Å²) in [5.74, 6) is -0.628. The standard InChI is InChI=1S/C11H14BrFN2O/c1-7(4-11(14)16)15-6-8-5-9(12)2-3-10(8)13/h2-3,5,7,15H,4,6H2,1H3,(H2,14,16). The first-order valence-electron chi connectivity index (χ1n) is 4.94. The van der Waals surface area contributed by atoms with Crippen molar-refractivity contribution in [2.75, 3.05) is 0 Å². The number of rotatable bonds is 5. The Morgan fingerprint density at radius 1 is 1.62 bits per heavy atom. The van der Waals surface area contributed by atoms with Gasteiger partial charge < -0.3 is 11.1 Å². The van der Waals surface area contributed by atoms with E-state index in [4.69, 9.17) is 5.73 Å². The molecule has 1 aromatic rings. The van der Waals surface area contributed by atoms with E-state index in [0.717, 1.165) is 4.47 Å². The molecule has 0 saturated carbocycles. The Morgan fingerprint density at radius 3 is 2.94 bits per heavy atom. The molecule has 1 aromatic carbocycles. The predicted octanol–water partition coefficient (Wildman–Crippen LogP) is 1.94. The lowest BCUT2D eigenvalue weighted by Crippen LogP contribution is -2.30. The summed E-state index contributed by atoms with van der Waals surface area (Å²) in [5.41, 5.74) is 5.62. The van der Waals surface area contributed by atoms with Crippen molar-refractivity contribution in [1.29, 1.82) is 0 Å². The number of nitrogens with one attached hydrogen (secondary N) is 1. The van der Waals surface area contributed by atoms with Crippen LogP contribution in [0.4, 0.5) is 4.39 Å². The molecule has 0 saturated heterocycles. The van der Waals surface area contributed by atoms with Gasteiger partial charge >= 0.3 is 0 Å². The Kier molecular flexibility index (Phi) is 4.89. The molecule has 0 aliphatic carbocycles. The first-order chi connectivity index (χ1) is 7.49. The van der Waals surface area contributed by atoms with E-state index in [-0.39, 0.29) is 24.2 Å². The molecule has 0 fully saturated rings. The minimum absolute atomic E-state index is 0.0594. The van der Waals surface area contributed by atoms with Gasteiger partial charge in [0.1, 0.15) is 5.82 Å². The molecule has 16 heavy (non-hydrogen) atoms. The van der Waals surface area contributed by atoms with Gasteiger partial charge in [0.05, 0.1) is 0 Å². The highest BCUT2D eigenvalue weighted by atomic mass is 79.9. The zero-order valence-corrected chi connectivity index (χ0v) is 10.6. The van der Waals surface area contributed by atoms with Crippen LogP contribution in [0.5, 0.6) is 0 Å². The van der Waals surface area contributed by atoms with Gasteiger partial charge in [-0.3, -0.25) is 4.79 Å². The lowest BCUT2D eigenvalue weighted by molar-refractivity contribution is -0.118. The summed E-state index contributed by atoms with van der Waals surface area (Å²) >= 11 is 3.28. The summed E-state index contributed by atoms with van der Waals surface area (Å²) in [6.45, 7) is 2.21. The van der Waals surface area contributed by atoms with Crippen LogP contribution in [0.25, 0.3) is 0 Å². The lowest BCUT2D eigenvalue weighted by Gasteiger charge is -2.12. The molecule has 5 heteroatoms. The maximum absolute atomic E-state index is 13.3. The molecule has 0 radical (unpaired) electrons. The van der Waals surface area contributed by atoms with Crippen molar-refractivity contribution in [3.05, 3.63) is 34.1 Å². The van der Waals surface area contributed by atoms with Crippen molar-refractivity contribution in [1.82, 2.24) is 5.32 Å². The smallest absolute Gasteiger partial charge is 0.218 e. The molecule has 0 spiro atoms. The van der Waals surface area contributed by atoms with Crippen molar-refractivity contribution in [2.45, 2.75) is 25.9 Å². The second-order valence-corrected chi connectivity index (χ2v) is 4.60. The molecule has 0 aliphatic rings. The Bertz CT molecular complexity index is 384. The van der Waals surface area contributed by atoms with E-state index in [2.05, 4.69) is 21.2 Å². The van der Waals surface area contributed by atoms with E-state index >= 15 is 0 Å². The second kappa shape index (κ2) is 5.96. The molecule has 0 aromatic heterocycles. The van der Waals surface area contributed by atoms with Crippen LogP contribution < -0.4 is 11.1 Å². The van der Waals surface area contributed by atoms with Crippen LogP contribution in [0.2, 0.25) is 0 Å². The second-order valence-electron chi connectivity index (χ2n) is 3.69. The Balaban J connectivity index is 2.54. The number of hydrogen-bond acceptors (Lipinski definition) is 2. The maximum Gasteiger partial charge on any atom is 0.218 e. The molecule has 3 N–H and O–H groups in total. The molecule has 1 unspecified atom stereocenters. The predicted molar refractivity (Wildman–Crippen MR) is 64.2 cm³/mol. The summed E-state index contributed by atoms with van der Waals surface area (Å²) in [7, 11) is 0. The van der Waals surface area contributed by atoms with Gasteiger partial charge in [0, 0.05) is 29.0 Å². The molecule has 0 heterocycles. The van der Waals surface area contributed by atoms with Gasteiger partial charge in [0.2, 0.25) is 5.91 Å². The molecule has 1 atom stereocenters. The fourth-order valence-corrected chi connectivity index (χ4v) is 1.75. The van der Waals surface area contributed by atoms with Crippen LogP contribution in [-0.2, 0) is 11.3 Å². The van der Waals surface area contributed by atoms with Gasteiger partial charge in [0.15, 0.2) is 0 Å². The SMILES string of the molecule is CC(CC(N)=O)NCc1cc(Br)ccc1F. The summed E-state index contributed by atoms with van der Waals surface area (Å²) < 4.78 is 14.2. The first-order valence-corrected chi connectivity index (χ1v) is 5.74. The topological polar surface area (TPSA) is 55.1 Å². The van der Waals surface area contributed by atoms with Gasteiger partial charge in [-0.2, -0.15) is 0 Å². The van der Waals surface area contributed by atoms with Gasteiger partial charge in [-0.15, -0.1) is 0 Å². The summed E-state index contributed by atoms with van der Waals surface area (Å²) in [6.07, 6.45) is 0.246. The molecule has 3 nitrogen and oxygen atoms in total. The summed E-state index contributed by atoms with van der Waals surface area (Å²) in [5, 5.41) is 3.04. The average Bonchev–Trinajstić information content (AvgIpc) is 2.18. The minimum atomic E-state index is -0.366. The molecule has 1 amide bonds. The van der Waals surface area contributed by atoms with E-state index < -0.39 is 0 Å². The summed E-state index contributed by atoms with van der Waals surface area (Å²) in [4.78, 5) is 10.6. The van der Waals surface area contributed by atoms with Crippen LogP contribution >= 0.6 is 15.9 Å². The van der Waals surface area contributed by atoms with Gasteiger partial charge in [-0.05, 0) is 25.1 Å². The monoisotopic (exact) mass is 288 g/mol. The first kappa shape index (κ1) is 13.1. The minimum Gasteiger partial charge on any atom is -0.370 e. The Morgan fingerprint density at radius 2 is 2.31 bits per heavy atom. The van der Waals surface area contributed by atoms with Crippen molar-refractivity contribution < 1.29 is 9.18 Å². The fraction of sp³-hybridized carbons (Fsp3) is 0.364. The molecule has 0 aliphatic heterocycles. The van der Waals surface area contributed by atoms with Crippen molar-refractivity contribution >= 4 is 21.8 Å². The quantitative estimate of drug-likeness (QED) is 0.870. The van der Waals surface area contributed by atoms with E-state index in [9.17, 15) is 9.18 Å². The van der Waals surface area contributed by atoms with Crippen molar-refractivity contribution in [3.63, 3.8) is 0 Å². The van der Waals surface area contributed by atoms with E-state index in [1.807, 2.05) is 6.92 Å². The third kappa shape index (κ3) is 4.28. The van der Waals surface area contributed by atoms with Crippen LogP contribution in [0.3, 0.4) is 0 Å². The highest BCUT2D eigenvalue weighted by Gasteiger charge is 2.07. The number of primary amides is 1. The Labute approximate surface area is 102 Å². The maximum atomic E-state index is 13.3. The molecule has 1 rings (SSSR count). The Hall–Kier alpha value is -0.940. The number of amides is 1. The molecular formula is C11H14BrFN2O. The highest BCUT2D eigenvalue weighted by Crippen LogP contribution is 2.15. The van der Waals surface area contributed by atoms with Gasteiger partial charge in [-0.25, -0.2) is 4.39 Å². The van der Waals surface area contributed by atoms with Gasteiger partial charge in [0.25, 0.3) is 0 Å². The number of benzene rings is 1. The van der Waals surface area contributed by atoms with Crippen LogP contribution in [0.1, 0.15) is 18.9 Å². The van der Waals surface area contributed by atoms with E-state index in [0.29, 0.717) is 12.1 Å². The van der Waals surface area contributed by atoms with E-state index in [1.165, 1.54) is 6.07 Å². The summed E-state index contributed by atoms with van der Waals surface area (Å²) in [6, 6.07) is 4.70. The van der Waals surface area contributed by atoms with Crippen LogP contribution in [0, 0.1) is 5.82 Å². The van der Waals surface area contributed by atoms with Crippen LogP contribution in [-0.4, -0.2) is 11.9 Å². The number of halogens is 2. The number of carbonyl (C=O) groups is 1. The largest absolute Gasteiger partial charge is 0.370 e. The zero-order valence-electron chi connectivity index (χ0n) is 8.97. The number of nitrogens with two attached hydrogens (primary N) is 1. The lowest BCUT2D eigenvalue weighted by atomic mass is 10.2. The molecule has 88 valence electrons. The fourth-order valence-electron chi connectivity index (χ4n) is 1.34. The molecular weight excluding hydrogens is 275 g/mol. The third-order valence-electron chi connectivity index (χ3n) is 2.16. The number of carbonyl (C=O) groups excluding carboxylic acids is 1. The molecule has 0 bridgehead atoms. The van der Waals surface area contributed by atoms with E-state index in [1.54, 1.807) is 12.1 Å². The van der Waals surface area contributed by atoms with Crippen LogP contribution in [0.15, 0.2) is 22.7 Å². The highest BCUT2D eigenvalue weighted by molar-refractivity contribution is 9.10. The normalized spacial score (nSPS) is 12.4.